The SMILES string of the molecule is CCOC1CC(N)(C(=O)N(C)CC(=O)Nc2cc(F)cc(F)c2)C1(C)C.Cl. The molecule has 27 heavy (non-hydrogen) atoms. The maximum absolute atomic E-state index is 13.2. The number of carbonyl (C=O) groups is 2. The first-order valence-electron chi connectivity index (χ1n) is 8.43. The van der Waals surface area contributed by atoms with Crippen LogP contribution in [-0.4, -0.2) is 48.6 Å². The standard InChI is InChI=1S/C18H25F2N3O3.ClH/c1-5-26-14-9-18(21,17(14,2)3)16(25)23(4)10-15(24)22-13-7-11(19)6-12(20)8-13;/h6-8,14H,5,9-10,21H2,1-4H3,(H,22,24);1H. The first-order chi connectivity index (χ1) is 12.0. The highest BCUT2D eigenvalue weighted by molar-refractivity contribution is 5.96. The molecule has 0 heterocycles. The Morgan fingerprint density at radius 1 is 1.30 bits per heavy atom. The lowest BCUT2D eigenvalue weighted by atomic mass is 9.54. The molecule has 9 heteroatoms. The van der Waals surface area contributed by atoms with Crippen molar-refractivity contribution in [1.82, 2.24) is 4.90 Å². The predicted octanol–water partition coefficient (Wildman–Crippen LogP) is 2.32. The molecule has 0 aliphatic heterocycles. The van der Waals surface area contributed by atoms with Crippen LogP contribution >= 0.6 is 12.4 Å². The van der Waals surface area contributed by atoms with Gasteiger partial charge in [-0.2, -0.15) is 0 Å². The summed E-state index contributed by atoms with van der Waals surface area (Å²) in [5, 5.41) is 2.37. The van der Waals surface area contributed by atoms with Crippen LogP contribution in [0.4, 0.5) is 14.5 Å². The van der Waals surface area contributed by atoms with E-state index in [0.29, 0.717) is 19.1 Å². The normalized spacial score (nSPS) is 23.0. The van der Waals surface area contributed by atoms with E-state index in [0.717, 1.165) is 12.1 Å². The molecule has 1 fully saturated rings. The summed E-state index contributed by atoms with van der Waals surface area (Å²) in [6.45, 7) is 5.84. The number of nitrogens with two attached hydrogens (primary N) is 1. The molecule has 1 aliphatic carbocycles. The summed E-state index contributed by atoms with van der Waals surface area (Å²) in [5.41, 5.74) is 4.59. The zero-order chi connectivity index (χ0) is 19.7. The molecule has 2 atom stereocenters. The van der Waals surface area contributed by atoms with Gasteiger partial charge in [-0.25, -0.2) is 8.78 Å². The Hall–Kier alpha value is -1.77. The number of amides is 2. The van der Waals surface area contributed by atoms with E-state index in [1.807, 2.05) is 20.8 Å². The quantitative estimate of drug-likeness (QED) is 0.760. The second kappa shape index (κ2) is 8.50. The van der Waals surface area contributed by atoms with Gasteiger partial charge < -0.3 is 20.7 Å². The smallest absolute Gasteiger partial charge is 0.243 e. The van der Waals surface area contributed by atoms with E-state index in [1.165, 1.54) is 11.9 Å². The van der Waals surface area contributed by atoms with E-state index in [4.69, 9.17) is 10.5 Å². The minimum absolute atomic E-state index is 0. The maximum atomic E-state index is 13.2. The molecule has 0 spiro atoms. The van der Waals surface area contributed by atoms with Crippen LogP contribution < -0.4 is 11.1 Å². The summed E-state index contributed by atoms with van der Waals surface area (Å²) in [4.78, 5) is 26.1. The fourth-order valence-electron chi connectivity index (χ4n) is 3.25. The lowest BCUT2D eigenvalue weighted by molar-refractivity contribution is -0.178. The Kier molecular flexibility index (Phi) is 7.32. The number of rotatable bonds is 6. The number of ether oxygens (including phenoxy) is 1. The molecule has 2 rings (SSSR count). The number of benzene rings is 1. The Balaban J connectivity index is 0.00000364. The van der Waals surface area contributed by atoms with Gasteiger partial charge in [-0.15, -0.1) is 12.4 Å². The molecule has 0 radical (unpaired) electrons. The Morgan fingerprint density at radius 3 is 2.33 bits per heavy atom. The molecule has 1 aromatic carbocycles. The molecule has 3 N–H and O–H groups in total. The van der Waals surface area contributed by atoms with Crippen LogP contribution in [0.2, 0.25) is 0 Å². The molecule has 0 bridgehead atoms. The summed E-state index contributed by atoms with van der Waals surface area (Å²) in [7, 11) is 1.47. The molecular formula is C18H26ClF2N3O3. The van der Waals surface area contributed by atoms with E-state index in [9.17, 15) is 18.4 Å². The van der Waals surface area contributed by atoms with Gasteiger partial charge in [-0.1, -0.05) is 13.8 Å². The number of carbonyl (C=O) groups excluding carboxylic acids is 2. The summed E-state index contributed by atoms with van der Waals surface area (Å²) in [5.74, 6) is -2.56. The van der Waals surface area contributed by atoms with Crippen LogP contribution in [0.5, 0.6) is 0 Å². The number of anilines is 1. The number of hydrogen-bond acceptors (Lipinski definition) is 4. The zero-order valence-electron chi connectivity index (χ0n) is 15.8. The van der Waals surface area contributed by atoms with Gasteiger partial charge in [0.1, 0.15) is 17.2 Å². The molecule has 6 nitrogen and oxygen atoms in total. The van der Waals surface area contributed by atoms with Crippen molar-refractivity contribution in [2.45, 2.75) is 38.8 Å². The minimum atomic E-state index is -1.13. The van der Waals surface area contributed by atoms with Gasteiger partial charge in [0, 0.05) is 37.2 Å². The Labute approximate surface area is 163 Å². The van der Waals surface area contributed by atoms with Gasteiger partial charge in [0.25, 0.3) is 0 Å². The van der Waals surface area contributed by atoms with Crippen molar-refractivity contribution < 1.29 is 23.1 Å². The van der Waals surface area contributed by atoms with Crippen LogP contribution in [0.3, 0.4) is 0 Å². The van der Waals surface area contributed by atoms with Gasteiger partial charge in [0.2, 0.25) is 11.8 Å². The molecule has 1 saturated carbocycles. The Bertz CT molecular complexity index is 697. The fraction of sp³-hybridized carbons (Fsp3) is 0.556. The van der Waals surface area contributed by atoms with Crippen LogP contribution in [0.15, 0.2) is 18.2 Å². The van der Waals surface area contributed by atoms with Crippen molar-refractivity contribution in [3.8, 4) is 0 Å². The van der Waals surface area contributed by atoms with Crippen molar-refractivity contribution in [2.75, 3.05) is 25.5 Å². The number of nitrogens with zero attached hydrogens (tertiary/aromatic N) is 1. The highest BCUT2D eigenvalue weighted by atomic mass is 35.5. The predicted molar refractivity (Wildman–Crippen MR) is 101 cm³/mol. The first-order valence-corrected chi connectivity index (χ1v) is 8.43. The first kappa shape index (κ1) is 23.3. The average molecular weight is 406 g/mol. The van der Waals surface area contributed by atoms with Crippen molar-refractivity contribution in [2.24, 2.45) is 11.1 Å². The topological polar surface area (TPSA) is 84.7 Å². The number of likely N-dealkylation sites (N-methyl/N-ethyl adjacent to an activating group) is 1. The number of hydrogen-bond donors (Lipinski definition) is 2. The highest BCUT2D eigenvalue weighted by Crippen LogP contribution is 2.50. The molecular weight excluding hydrogens is 380 g/mol. The molecule has 2 amide bonds. The van der Waals surface area contributed by atoms with Crippen molar-refractivity contribution in [3.05, 3.63) is 29.8 Å². The molecule has 2 unspecified atom stereocenters. The average Bonchev–Trinajstić information content (AvgIpc) is 2.52. The number of nitrogens with one attached hydrogen (secondary N) is 1. The Morgan fingerprint density at radius 2 is 1.85 bits per heavy atom. The second-order valence-corrected chi connectivity index (χ2v) is 7.21. The highest BCUT2D eigenvalue weighted by Gasteiger charge is 2.63. The molecule has 152 valence electrons. The third-order valence-electron chi connectivity index (χ3n) is 5.09. The van der Waals surface area contributed by atoms with E-state index >= 15 is 0 Å². The van der Waals surface area contributed by atoms with Gasteiger partial charge in [-0.3, -0.25) is 9.59 Å². The van der Waals surface area contributed by atoms with E-state index in [-0.39, 0.29) is 36.7 Å². The fourth-order valence-corrected chi connectivity index (χ4v) is 3.25. The third-order valence-corrected chi connectivity index (χ3v) is 5.09. The molecule has 1 aromatic rings. The second-order valence-electron chi connectivity index (χ2n) is 7.21. The third kappa shape index (κ3) is 4.56. The zero-order valence-corrected chi connectivity index (χ0v) is 16.7. The summed E-state index contributed by atoms with van der Waals surface area (Å²) in [6.07, 6.45) is 0.243. The maximum Gasteiger partial charge on any atom is 0.243 e. The monoisotopic (exact) mass is 405 g/mol. The van der Waals surface area contributed by atoms with E-state index in [1.54, 1.807) is 0 Å². The van der Waals surface area contributed by atoms with Crippen molar-refractivity contribution >= 4 is 29.9 Å². The van der Waals surface area contributed by atoms with Crippen LogP contribution in [0.1, 0.15) is 27.2 Å². The van der Waals surface area contributed by atoms with Gasteiger partial charge in [-0.05, 0) is 19.1 Å². The largest absolute Gasteiger partial charge is 0.378 e. The summed E-state index contributed by atoms with van der Waals surface area (Å²) in [6, 6.07) is 2.70. The minimum Gasteiger partial charge on any atom is -0.378 e. The van der Waals surface area contributed by atoms with Gasteiger partial charge in [0.15, 0.2) is 0 Å². The molecule has 1 aliphatic rings. The lowest BCUT2D eigenvalue weighted by Gasteiger charge is -2.58. The van der Waals surface area contributed by atoms with Crippen LogP contribution in [0, 0.1) is 17.0 Å². The van der Waals surface area contributed by atoms with Gasteiger partial charge >= 0.3 is 0 Å². The van der Waals surface area contributed by atoms with Crippen LogP contribution in [-0.2, 0) is 14.3 Å². The molecule has 0 saturated heterocycles. The van der Waals surface area contributed by atoms with Crippen molar-refractivity contribution in [1.29, 1.82) is 0 Å². The van der Waals surface area contributed by atoms with Gasteiger partial charge in [0.05, 0.1) is 12.6 Å². The summed E-state index contributed by atoms with van der Waals surface area (Å²) >= 11 is 0. The molecule has 0 aromatic heterocycles. The van der Waals surface area contributed by atoms with E-state index < -0.39 is 28.5 Å². The number of halogens is 3. The van der Waals surface area contributed by atoms with Crippen molar-refractivity contribution in [3.63, 3.8) is 0 Å². The van der Waals surface area contributed by atoms with E-state index in [2.05, 4.69) is 5.32 Å². The van der Waals surface area contributed by atoms with Crippen LogP contribution in [0.25, 0.3) is 0 Å². The summed E-state index contributed by atoms with van der Waals surface area (Å²) < 4.78 is 32.0. The lowest BCUT2D eigenvalue weighted by Crippen LogP contribution is -2.76.